The number of para-hydroxylation sites is 1. The molecule has 0 saturated carbocycles. The second kappa shape index (κ2) is 8.71. The van der Waals surface area contributed by atoms with E-state index in [1.165, 1.54) is 35.2 Å². The van der Waals surface area contributed by atoms with E-state index < -0.39 is 34.8 Å². The van der Waals surface area contributed by atoms with Gasteiger partial charge < -0.3 is 15.4 Å². The van der Waals surface area contributed by atoms with E-state index in [0.29, 0.717) is 11.3 Å². The number of esters is 1. The number of alkyl halides is 3. The molecule has 0 aliphatic carbocycles. The van der Waals surface area contributed by atoms with E-state index in [9.17, 15) is 32.4 Å². The van der Waals surface area contributed by atoms with Gasteiger partial charge in [0.2, 0.25) is 5.91 Å². The number of anilines is 2. The highest BCUT2D eigenvalue weighted by molar-refractivity contribution is 6.19. The third kappa shape index (κ3) is 3.42. The number of rotatable bonds is 3. The summed E-state index contributed by atoms with van der Waals surface area (Å²) >= 11 is 0. The first-order chi connectivity index (χ1) is 19.1. The molecule has 7 nitrogen and oxygen atoms in total. The summed E-state index contributed by atoms with van der Waals surface area (Å²) in [5, 5.41) is 10.4. The van der Waals surface area contributed by atoms with Crippen LogP contribution in [0, 0.1) is 17.1 Å². The zero-order valence-corrected chi connectivity index (χ0v) is 20.5. The van der Waals surface area contributed by atoms with Gasteiger partial charge in [-0.2, -0.15) is 18.4 Å². The Bertz CT molecular complexity index is 1720. The fraction of sp³-hybridized carbons (Fsp3) is 0.138. The number of hydrogen-bond donors (Lipinski definition) is 1. The van der Waals surface area contributed by atoms with Crippen LogP contribution in [0.4, 0.5) is 28.9 Å². The number of cyclic esters (lactones) is 1. The molecular formula is C29H18F4N4O3. The third-order valence-corrected chi connectivity index (χ3v) is 7.29. The average molecular weight is 546 g/mol. The zero-order chi connectivity index (χ0) is 28.4. The molecule has 11 heteroatoms. The number of halogens is 4. The molecule has 1 unspecified atom stereocenters. The van der Waals surface area contributed by atoms with Crippen molar-refractivity contribution in [1.82, 2.24) is 0 Å². The van der Waals surface area contributed by atoms with Gasteiger partial charge in [-0.05, 0) is 42.0 Å². The molecule has 3 aliphatic rings. The van der Waals surface area contributed by atoms with Crippen molar-refractivity contribution < 1.29 is 31.9 Å². The maximum Gasteiger partial charge on any atom is 0.416 e. The number of nitriles is 1. The Morgan fingerprint density at radius 3 is 2.50 bits per heavy atom. The summed E-state index contributed by atoms with van der Waals surface area (Å²) in [7, 11) is 0. The van der Waals surface area contributed by atoms with Gasteiger partial charge in [-0.3, -0.25) is 9.69 Å². The van der Waals surface area contributed by atoms with Crippen LogP contribution in [0.5, 0.6) is 0 Å². The van der Waals surface area contributed by atoms with Gasteiger partial charge in [0.1, 0.15) is 29.7 Å². The number of carbonyl (C=O) groups excluding carboxylic acids is 2. The van der Waals surface area contributed by atoms with Crippen molar-refractivity contribution in [2.45, 2.75) is 18.1 Å². The number of hydrogen-bond acceptors (Lipinski definition) is 6. The van der Waals surface area contributed by atoms with E-state index in [1.807, 2.05) is 6.07 Å². The second-order valence-electron chi connectivity index (χ2n) is 9.44. The number of nitrogens with two attached hydrogens (primary N) is 1. The van der Waals surface area contributed by atoms with Gasteiger partial charge in [-0.15, -0.1) is 0 Å². The highest BCUT2D eigenvalue weighted by Crippen LogP contribution is 2.56. The molecule has 2 N–H and O–H groups in total. The predicted molar refractivity (Wildman–Crippen MR) is 134 cm³/mol. The van der Waals surface area contributed by atoms with Crippen LogP contribution in [-0.2, 0) is 32.5 Å². The molecule has 200 valence electrons. The number of amides is 1. The van der Waals surface area contributed by atoms with Gasteiger partial charge in [-0.1, -0.05) is 36.4 Å². The molecule has 3 aliphatic heterocycles. The summed E-state index contributed by atoms with van der Waals surface area (Å²) in [5.74, 6) is -2.40. The van der Waals surface area contributed by atoms with Gasteiger partial charge in [-0.25, -0.2) is 9.18 Å². The van der Waals surface area contributed by atoms with Crippen molar-refractivity contribution in [3.63, 3.8) is 0 Å². The lowest BCUT2D eigenvalue weighted by Crippen LogP contribution is -2.50. The topological polar surface area (TPSA) is 99.7 Å². The smallest absolute Gasteiger partial charge is 0.416 e. The molecule has 3 aromatic carbocycles. The monoisotopic (exact) mass is 546 g/mol. The summed E-state index contributed by atoms with van der Waals surface area (Å²) in [6, 6.07) is 18.4. The highest BCUT2D eigenvalue weighted by Gasteiger charge is 2.64. The van der Waals surface area contributed by atoms with E-state index in [1.54, 1.807) is 30.3 Å². The van der Waals surface area contributed by atoms with Crippen molar-refractivity contribution >= 4 is 23.3 Å². The van der Waals surface area contributed by atoms with E-state index in [4.69, 9.17) is 10.5 Å². The average Bonchev–Trinajstić information content (AvgIpc) is 3.41. The number of ether oxygens (including phenoxy) is 1. The Kier molecular flexibility index (Phi) is 5.48. The molecule has 1 atom stereocenters. The molecule has 3 aromatic rings. The van der Waals surface area contributed by atoms with E-state index in [0.717, 1.165) is 17.0 Å². The van der Waals surface area contributed by atoms with Gasteiger partial charge in [0.05, 0.1) is 29.0 Å². The van der Waals surface area contributed by atoms with Crippen LogP contribution in [0.1, 0.15) is 16.7 Å². The summed E-state index contributed by atoms with van der Waals surface area (Å²) in [5.41, 5.74) is 4.10. The summed E-state index contributed by atoms with van der Waals surface area (Å²) < 4.78 is 59.9. The number of benzene rings is 3. The van der Waals surface area contributed by atoms with Crippen molar-refractivity contribution in [1.29, 1.82) is 5.26 Å². The minimum atomic E-state index is -4.67. The van der Waals surface area contributed by atoms with Crippen LogP contribution in [0.2, 0.25) is 0 Å². The molecule has 0 bridgehead atoms. The number of fused-ring (bicyclic) bond motifs is 3. The summed E-state index contributed by atoms with van der Waals surface area (Å²) in [4.78, 5) is 30.3. The Hall–Kier alpha value is -5.11. The van der Waals surface area contributed by atoms with Crippen LogP contribution in [0.3, 0.4) is 0 Å². The zero-order valence-electron chi connectivity index (χ0n) is 20.5. The van der Waals surface area contributed by atoms with Gasteiger partial charge in [0, 0.05) is 16.9 Å². The van der Waals surface area contributed by atoms with Crippen LogP contribution >= 0.6 is 0 Å². The Morgan fingerprint density at radius 1 is 1.02 bits per heavy atom. The normalized spacial score (nSPS) is 20.2. The lowest BCUT2D eigenvalue weighted by molar-refractivity contribution is -0.138. The van der Waals surface area contributed by atoms with Crippen LogP contribution in [-0.4, -0.2) is 18.5 Å². The molecule has 0 fully saturated rings. The van der Waals surface area contributed by atoms with Crippen molar-refractivity contribution in [3.05, 3.63) is 118 Å². The first-order valence-corrected chi connectivity index (χ1v) is 12.0. The van der Waals surface area contributed by atoms with E-state index in [2.05, 4.69) is 0 Å². The molecule has 6 rings (SSSR count). The summed E-state index contributed by atoms with van der Waals surface area (Å²) in [6.45, 7) is -0.464. The molecule has 3 heterocycles. The van der Waals surface area contributed by atoms with Crippen molar-refractivity contribution in [2.75, 3.05) is 16.4 Å². The molecule has 1 amide bonds. The fourth-order valence-corrected chi connectivity index (χ4v) is 5.68. The molecule has 0 radical (unpaired) electrons. The van der Waals surface area contributed by atoms with Crippen LogP contribution in [0.15, 0.2) is 95.5 Å². The first kappa shape index (κ1) is 25.2. The highest BCUT2D eigenvalue weighted by atomic mass is 19.4. The Morgan fingerprint density at radius 2 is 1.77 bits per heavy atom. The molecule has 1 spiro atoms. The minimum absolute atomic E-state index is 0.0524. The fourth-order valence-electron chi connectivity index (χ4n) is 5.68. The lowest BCUT2D eigenvalue weighted by atomic mass is 9.67. The maximum atomic E-state index is 14.4. The number of carbonyl (C=O) groups is 2. The van der Waals surface area contributed by atoms with Crippen LogP contribution < -0.4 is 15.5 Å². The van der Waals surface area contributed by atoms with Crippen molar-refractivity contribution in [3.8, 4) is 6.07 Å². The lowest BCUT2D eigenvalue weighted by Gasteiger charge is -2.38. The van der Waals surface area contributed by atoms with Crippen LogP contribution in [0.25, 0.3) is 0 Å². The van der Waals surface area contributed by atoms with Gasteiger partial charge >= 0.3 is 12.1 Å². The van der Waals surface area contributed by atoms with E-state index >= 15 is 0 Å². The van der Waals surface area contributed by atoms with Crippen molar-refractivity contribution in [2.24, 2.45) is 5.73 Å². The molecular weight excluding hydrogens is 528 g/mol. The predicted octanol–water partition coefficient (Wildman–Crippen LogP) is 4.65. The first-order valence-electron chi connectivity index (χ1n) is 12.0. The third-order valence-electron chi connectivity index (χ3n) is 7.29. The van der Waals surface area contributed by atoms with Gasteiger partial charge in [0.15, 0.2) is 0 Å². The Labute approximate surface area is 225 Å². The maximum absolute atomic E-state index is 14.4. The second-order valence-corrected chi connectivity index (χ2v) is 9.44. The largest absolute Gasteiger partial charge is 0.456 e. The van der Waals surface area contributed by atoms with Gasteiger partial charge in [0.25, 0.3) is 0 Å². The molecule has 0 saturated heterocycles. The summed E-state index contributed by atoms with van der Waals surface area (Å²) in [6.07, 6.45) is -4.67. The quantitative estimate of drug-likeness (QED) is 0.379. The minimum Gasteiger partial charge on any atom is -0.456 e. The van der Waals surface area contributed by atoms with E-state index in [-0.39, 0.29) is 47.1 Å². The molecule has 0 aromatic heterocycles. The standard InChI is InChI=1S/C29H18F4N4O3/c30-18-7-3-5-16(11-18)14-36-22-10-2-1-9-20(22)28(27(36)39)21(13-34)25(35)37(23-15-40-26(38)24(23)28)19-8-4-6-17(12-19)29(31,32)33/h1-12H,14-15,35H2. The SMILES string of the molecule is N#CC1=C(N)N(c2cccc(C(F)(F)F)c2)C2=C(C(=O)OC2)C12C(=O)N(Cc1cccc(F)c1)c1ccccc12. The molecule has 40 heavy (non-hydrogen) atoms. The number of nitrogens with zero attached hydrogens (tertiary/aromatic N) is 3. The Balaban J connectivity index is 1.59.